The fourth-order valence-corrected chi connectivity index (χ4v) is 2.56. The average Bonchev–Trinajstić information content (AvgIpc) is 2.62. The Bertz CT molecular complexity index is 774. The second kappa shape index (κ2) is 9.13. The van der Waals surface area contributed by atoms with Crippen LogP contribution in [-0.2, 0) is 4.79 Å². The van der Waals surface area contributed by atoms with Gasteiger partial charge in [-0.2, -0.15) is 0 Å². The topological polar surface area (TPSA) is 56.8 Å². The smallest absolute Gasteiger partial charge is 0.248 e. The summed E-state index contributed by atoms with van der Waals surface area (Å²) in [4.78, 5) is 12.2. The molecular formula is C19H20BrNO4. The molecule has 0 aromatic heterocycles. The molecule has 0 fully saturated rings. The zero-order valence-electron chi connectivity index (χ0n) is 14.3. The largest absolute Gasteiger partial charge is 0.497 e. The minimum absolute atomic E-state index is 0.272. The standard InChI is InChI=1S/C19H20BrNO4/c1-4-25-17-9-6-14(20)11-13(17)5-10-19(22)21-16-8-7-15(23-2)12-18(16)24-3/h5-12H,4H2,1-3H3,(H,21,22)/b10-5+. The monoisotopic (exact) mass is 405 g/mol. The van der Waals surface area contributed by atoms with Crippen LogP contribution in [0.1, 0.15) is 12.5 Å². The van der Waals surface area contributed by atoms with Gasteiger partial charge in [0.15, 0.2) is 0 Å². The molecule has 0 saturated heterocycles. The Morgan fingerprint density at radius 3 is 2.60 bits per heavy atom. The molecule has 0 radical (unpaired) electrons. The molecule has 2 aromatic rings. The molecule has 2 rings (SSSR count). The van der Waals surface area contributed by atoms with Gasteiger partial charge in [0.2, 0.25) is 5.91 Å². The Hall–Kier alpha value is -2.47. The van der Waals surface area contributed by atoms with Crippen LogP contribution in [0.3, 0.4) is 0 Å². The summed E-state index contributed by atoms with van der Waals surface area (Å²) in [5.41, 5.74) is 1.38. The van der Waals surface area contributed by atoms with E-state index in [1.807, 2.05) is 25.1 Å². The summed E-state index contributed by atoms with van der Waals surface area (Å²) < 4.78 is 16.9. The molecule has 132 valence electrons. The number of carbonyl (C=O) groups excluding carboxylic acids is 1. The molecule has 0 aliphatic rings. The molecule has 0 saturated carbocycles. The second-order valence-corrected chi connectivity index (χ2v) is 5.92. The van der Waals surface area contributed by atoms with Crippen molar-refractivity contribution >= 4 is 33.6 Å². The van der Waals surface area contributed by atoms with E-state index in [4.69, 9.17) is 14.2 Å². The number of hydrogen-bond acceptors (Lipinski definition) is 4. The Labute approximate surface area is 155 Å². The number of nitrogens with one attached hydrogen (secondary N) is 1. The first-order valence-corrected chi connectivity index (χ1v) is 8.50. The fourth-order valence-electron chi connectivity index (χ4n) is 2.18. The van der Waals surface area contributed by atoms with E-state index in [9.17, 15) is 4.79 Å². The summed E-state index contributed by atoms with van der Waals surface area (Å²) in [6, 6.07) is 10.8. The van der Waals surface area contributed by atoms with Crippen molar-refractivity contribution in [3.05, 3.63) is 52.5 Å². The minimum Gasteiger partial charge on any atom is -0.497 e. The SMILES string of the molecule is CCOc1ccc(Br)cc1/C=C/C(=O)Nc1ccc(OC)cc1OC. The molecule has 0 aliphatic heterocycles. The van der Waals surface area contributed by atoms with Crippen LogP contribution in [0.25, 0.3) is 6.08 Å². The summed E-state index contributed by atoms with van der Waals surface area (Å²) >= 11 is 3.42. The van der Waals surface area contributed by atoms with Crippen LogP contribution in [0.2, 0.25) is 0 Å². The van der Waals surface area contributed by atoms with Crippen molar-refractivity contribution in [3.63, 3.8) is 0 Å². The van der Waals surface area contributed by atoms with Crippen LogP contribution in [-0.4, -0.2) is 26.7 Å². The summed E-state index contributed by atoms with van der Waals surface area (Å²) in [6.07, 6.45) is 3.16. The number of benzene rings is 2. The van der Waals surface area contributed by atoms with E-state index in [2.05, 4.69) is 21.2 Å². The lowest BCUT2D eigenvalue weighted by Gasteiger charge is -2.10. The van der Waals surface area contributed by atoms with Gasteiger partial charge in [-0.25, -0.2) is 0 Å². The predicted molar refractivity (Wildman–Crippen MR) is 103 cm³/mol. The van der Waals surface area contributed by atoms with Crippen LogP contribution in [0, 0.1) is 0 Å². The highest BCUT2D eigenvalue weighted by Crippen LogP contribution is 2.29. The van der Waals surface area contributed by atoms with Gasteiger partial charge in [-0.15, -0.1) is 0 Å². The Morgan fingerprint density at radius 2 is 1.92 bits per heavy atom. The molecule has 6 heteroatoms. The minimum atomic E-state index is -0.272. The molecule has 0 atom stereocenters. The first kappa shape index (κ1) is 18.9. The molecular weight excluding hydrogens is 386 g/mol. The second-order valence-electron chi connectivity index (χ2n) is 5.00. The van der Waals surface area contributed by atoms with Crippen LogP contribution < -0.4 is 19.5 Å². The number of halogens is 1. The molecule has 0 unspecified atom stereocenters. The lowest BCUT2D eigenvalue weighted by molar-refractivity contribution is -0.111. The lowest BCUT2D eigenvalue weighted by atomic mass is 10.2. The van der Waals surface area contributed by atoms with Crippen molar-refractivity contribution in [2.75, 3.05) is 26.1 Å². The van der Waals surface area contributed by atoms with E-state index in [-0.39, 0.29) is 5.91 Å². The highest BCUT2D eigenvalue weighted by atomic mass is 79.9. The molecule has 2 aromatic carbocycles. The molecule has 25 heavy (non-hydrogen) atoms. The van der Waals surface area contributed by atoms with Crippen LogP contribution in [0.5, 0.6) is 17.2 Å². The third kappa shape index (κ3) is 5.26. The Kier molecular flexibility index (Phi) is 6.89. The van der Waals surface area contributed by atoms with E-state index in [1.54, 1.807) is 31.4 Å². The fraction of sp³-hybridized carbons (Fsp3) is 0.211. The molecule has 1 amide bonds. The highest BCUT2D eigenvalue weighted by Gasteiger charge is 2.08. The van der Waals surface area contributed by atoms with Crippen molar-refractivity contribution in [1.82, 2.24) is 0 Å². The van der Waals surface area contributed by atoms with Gasteiger partial charge < -0.3 is 19.5 Å². The normalized spacial score (nSPS) is 10.6. The Balaban J connectivity index is 2.15. The Morgan fingerprint density at radius 1 is 1.12 bits per heavy atom. The summed E-state index contributed by atoms with van der Waals surface area (Å²) in [5.74, 6) is 1.63. The van der Waals surface area contributed by atoms with Crippen LogP contribution in [0.15, 0.2) is 46.9 Å². The van der Waals surface area contributed by atoms with Crippen molar-refractivity contribution in [3.8, 4) is 17.2 Å². The molecule has 0 heterocycles. The van der Waals surface area contributed by atoms with Gasteiger partial charge in [-0.1, -0.05) is 15.9 Å². The summed E-state index contributed by atoms with van der Waals surface area (Å²) in [7, 11) is 3.11. The maximum atomic E-state index is 12.2. The van der Waals surface area contributed by atoms with Crippen molar-refractivity contribution in [2.24, 2.45) is 0 Å². The van der Waals surface area contributed by atoms with Gasteiger partial charge in [0.1, 0.15) is 17.2 Å². The number of carbonyl (C=O) groups is 1. The third-order valence-electron chi connectivity index (χ3n) is 3.35. The summed E-state index contributed by atoms with van der Waals surface area (Å²) in [5, 5.41) is 2.79. The maximum Gasteiger partial charge on any atom is 0.248 e. The number of ether oxygens (including phenoxy) is 3. The number of amides is 1. The van der Waals surface area contributed by atoms with Crippen LogP contribution in [0.4, 0.5) is 5.69 Å². The number of hydrogen-bond donors (Lipinski definition) is 1. The average molecular weight is 406 g/mol. The molecule has 0 aliphatic carbocycles. The maximum absolute atomic E-state index is 12.2. The quantitative estimate of drug-likeness (QED) is 0.688. The van der Waals surface area contributed by atoms with Gasteiger partial charge in [0.25, 0.3) is 0 Å². The van der Waals surface area contributed by atoms with E-state index >= 15 is 0 Å². The first-order valence-electron chi connectivity index (χ1n) is 7.70. The molecule has 0 spiro atoms. The van der Waals surface area contributed by atoms with E-state index in [0.29, 0.717) is 23.8 Å². The molecule has 1 N–H and O–H groups in total. The van der Waals surface area contributed by atoms with Crippen molar-refractivity contribution in [2.45, 2.75) is 6.92 Å². The van der Waals surface area contributed by atoms with Crippen LogP contribution >= 0.6 is 15.9 Å². The van der Waals surface area contributed by atoms with E-state index in [0.717, 1.165) is 15.8 Å². The number of anilines is 1. The predicted octanol–water partition coefficient (Wildman–Crippen LogP) is 4.52. The molecule has 5 nitrogen and oxygen atoms in total. The van der Waals surface area contributed by atoms with Crippen molar-refractivity contribution < 1.29 is 19.0 Å². The number of methoxy groups -OCH3 is 2. The zero-order chi connectivity index (χ0) is 18.2. The van der Waals surface area contributed by atoms with Gasteiger partial charge in [-0.05, 0) is 43.3 Å². The van der Waals surface area contributed by atoms with E-state index in [1.165, 1.54) is 13.2 Å². The zero-order valence-corrected chi connectivity index (χ0v) is 15.9. The van der Waals surface area contributed by atoms with Gasteiger partial charge >= 0.3 is 0 Å². The van der Waals surface area contributed by atoms with Gasteiger partial charge in [0.05, 0.1) is 26.5 Å². The first-order chi connectivity index (χ1) is 12.1. The number of rotatable bonds is 7. The van der Waals surface area contributed by atoms with Crippen molar-refractivity contribution in [1.29, 1.82) is 0 Å². The molecule has 0 bridgehead atoms. The third-order valence-corrected chi connectivity index (χ3v) is 3.85. The van der Waals surface area contributed by atoms with E-state index < -0.39 is 0 Å². The highest BCUT2D eigenvalue weighted by molar-refractivity contribution is 9.10. The summed E-state index contributed by atoms with van der Waals surface area (Å²) in [6.45, 7) is 2.47. The lowest BCUT2D eigenvalue weighted by Crippen LogP contribution is -2.09. The van der Waals surface area contributed by atoms with Gasteiger partial charge in [-0.3, -0.25) is 4.79 Å². The van der Waals surface area contributed by atoms with Gasteiger partial charge in [0, 0.05) is 22.2 Å².